The minimum absolute atomic E-state index is 0. The molecule has 2 nitrogen and oxygen atoms in total. The Kier molecular flexibility index (Phi) is 11.4. The van der Waals surface area contributed by atoms with E-state index in [2.05, 4.69) is 0 Å². The van der Waals surface area contributed by atoms with Crippen molar-refractivity contribution in [2.45, 2.75) is 39.5 Å². The van der Waals surface area contributed by atoms with Crippen molar-refractivity contribution in [3.8, 4) is 0 Å². The van der Waals surface area contributed by atoms with Crippen molar-refractivity contribution >= 4 is 43.7 Å². The zero-order valence-electron chi connectivity index (χ0n) is 7.43. The summed E-state index contributed by atoms with van der Waals surface area (Å²) in [4.78, 5) is 10.4. The Morgan fingerprint density at radius 3 is 1.82 bits per heavy atom. The Hall–Kier alpha value is 0.730. The molecule has 0 aliphatic carbocycles. The summed E-state index contributed by atoms with van der Waals surface area (Å²) in [7, 11) is 0. The molecule has 0 bridgehead atoms. The Morgan fingerprint density at radius 2 is 1.64 bits per heavy atom. The van der Waals surface area contributed by atoms with E-state index in [0.717, 1.165) is 25.7 Å². The van der Waals surface area contributed by atoms with E-state index in [1.54, 1.807) is 0 Å². The second-order valence-electron chi connectivity index (χ2n) is 2.59. The van der Waals surface area contributed by atoms with Crippen LogP contribution in [0.15, 0.2) is 0 Å². The smallest absolute Gasteiger partial charge is 0.550 e. The molecule has 3 heteroatoms. The number of carboxylic acids is 1. The average molecular weight is 183 g/mol. The van der Waals surface area contributed by atoms with Crippen LogP contribution >= 0.6 is 0 Å². The molecule has 0 rings (SSSR count). The predicted molar refractivity (Wildman–Crippen MR) is 44.1 cm³/mol. The number of hydrogen-bond donors (Lipinski definition) is 0. The molecule has 0 aliphatic heterocycles. The normalized spacial score (nSPS) is 9.36. The van der Waals surface area contributed by atoms with Crippen LogP contribution < -0.4 is 5.11 Å². The summed E-state index contributed by atoms with van der Waals surface area (Å²) in [5.41, 5.74) is 0. The average Bonchev–Trinajstić information content (AvgIpc) is 1.87. The molecule has 0 N–H and O–H groups in total. The molecule has 11 heavy (non-hydrogen) atoms. The van der Waals surface area contributed by atoms with Gasteiger partial charge in [0.05, 0.1) is 0 Å². The van der Waals surface area contributed by atoms with Gasteiger partial charge in [-0.3, -0.25) is 0 Å². The first kappa shape index (κ1) is 14.3. The first-order chi connectivity index (χ1) is 4.72. The molecule has 0 aromatic rings. The van der Waals surface area contributed by atoms with Crippen molar-refractivity contribution in [3.63, 3.8) is 0 Å². The van der Waals surface area contributed by atoms with E-state index in [0.29, 0.717) is 0 Å². The molecule has 0 aromatic carbocycles. The quantitative estimate of drug-likeness (QED) is 0.585. The van der Waals surface area contributed by atoms with Crippen LogP contribution in [0.5, 0.6) is 0 Å². The van der Waals surface area contributed by atoms with E-state index in [4.69, 9.17) is 0 Å². The molecule has 0 aliphatic rings. The van der Waals surface area contributed by atoms with Crippen LogP contribution in [0.2, 0.25) is 0 Å². The van der Waals surface area contributed by atoms with Crippen LogP contribution in [0.25, 0.3) is 0 Å². The summed E-state index contributed by atoms with van der Waals surface area (Å²) in [5.74, 6) is -1.10. The monoisotopic (exact) mass is 183 g/mol. The van der Waals surface area contributed by atoms with Crippen LogP contribution in [0.1, 0.15) is 39.5 Å². The van der Waals surface area contributed by atoms with E-state index in [1.807, 2.05) is 13.8 Å². The fourth-order valence-electron chi connectivity index (χ4n) is 1.08. The Morgan fingerprint density at radius 1 is 1.27 bits per heavy atom. The number of carbonyl (C=O) groups excluding carboxylic acids is 1. The second kappa shape index (κ2) is 8.82. The summed E-state index contributed by atoms with van der Waals surface area (Å²) >= 11 is 0. The van der Waals surface area contributed by atoms with Gasteiger partial charge in [0, 0.05) is 5.97 Å². The van der Waals surface area contributed by atoms with Gasteiger partial charge in [-0.25, -0.2) is 0 Å². The van der Waals surface area contributed by atoms with Gasteiger partial charge in [-0.05, 0) is 18.8 Å². The molecule has 0 radical (unpaired) electrons. The maximum atomic E-state index is 10.4. The number of rotatable bonds is 5. The molecule has 60 valence electrons. The van der Waals surface area contributed by atoms with Crippen LogP contribution in [0.4, 0.5) is 0 Å². The van der Waals surface area contributed by atoms with E-state index in [1.165, 1.54) is 0 Å². The molecule has 0 saturated carbocycles. The Balaban J connectivity index is 0. The minimum atomic E-state index is -0.885. The van der Waals surface area contributed by atoms with E-state index in [-0.39, 0.29) is 43.7 Å². The van der Waals surface area contributed by atoms with Gasteiger partial charge in [0.2, 0.25) is 0 Å². The molecule has 0 atom stereocenters. The fraction of sp³-hybridized carbons (Fsp3) is 0.875. The van der Waals surface area contributed by atoms with E-state index in [9.17, 15) is 9.90 Å². The number of carboxylic acid groups (broad SMARTS) is 1. The van der Waals surface area contributed by atoms with Gasteiger partial charge in [-0.1, -0.05) is 26.7 Å². The minimum Gasteiger partial charge on any atom is -0.550 e. The zero-order chi connectivity index (χ0) is 7.98. The molecule has 0 fully saturated rings. The maximum absolute atomic E-state index is 10.4. The zero-order valence-corrected chi connectivity index (χ0v) is 9.64. The predicted octanol–water partition coefficient (Wildman–Crippen LogP) is 0.572. The SMILES string of the molecule is CCCC(CCC)C(=O)[O-].[Ca+2]. The maximum Gasteiger partial charge on any atom is 2.00 e. The third-order valence-electron chi connectivity index (χ3n) is 1.61. The van der Waals surface area contributed by atoms with Crippen LogP contribution in [0.3, 0.4) is 0 Å². The first-order valence-corrected chi connectivity index (χ1v) is 3.93. The molecule has 0 aromatic heterocycles. The third-order valence-corrected chi connectivity index (χ3v) is 1.61. The second-order valence-corrected chi connectivity index (χ2v) is 2.59. The molecule has 0 heterocycles. The Labute approximate surface area is 98.4 Å². The summed E-state index contributed by atoms with van der Waals surface area (Å²) < 4.78 is 0. The Bertz CT molecular complexity index is 98.3. The molecule has 0 saturated heterocycles. The largest absolute Gasteiger partial charge is 2.00 e. The fourth-order valence-corrected chi connectivity index (χ4v) is 1.08. The van der Waals surface area contributed by atoms with Gasteiger partial charge < -0.3 is 9.90 Å². The number of aliphatic carboxylic acids is 1. The van der Waals surface area contributed by atoms with Crippen molar-refractivity contribution in [2.75, 3.05) is 0 Å². The van der Waals surface area contributed by atoms with Gasteiger partial charge in [-0.15, -0.1) is 0 Å². The van der Waals surface area contributed by atoms with E-state index >= 15 is 0 Å². The van der Waals surface area contributed by atoms with Gasteiger partial charge in [-0.2, -0.15) is 0 Å². The number of hydrogen-bond acceptors (Lipinski definition) is 2. The van der Waals surface area contributed by atoms with Crippen molar-refractivity contribution in [1.82, 2.24) is 0 Å². The van der Waals surface area contributed by atoms with Gasteiger partial charge in [0.1, 0.15) is 0 Å². The van der Waals surface area contributed by atoms with Crippen molar-refractivity contribution in [2.24, 2.45) is 5.92 Å². The van der Waals surface area contributed by atoms with Gasteiger partial charge >= 0.3 is 37.7 Å². The number of carbonyl (C=O) groups is 1. The summed E-state index contributed by atoms with van der Waals surface area (Å²) in [5, 5.41) is 10.4. The summed E-state index contributed by atoms with van der Waals surface area (Å²) in [6.45, 7) is 3.98. The molecule has 0 amide bonds. The molecule has 0 spiro atoms. The van der Waals surface area contributed by atoms with Crippen molar-refractivity contribution in [3.05, 3.63) is 0 Å². The summed E-state index contributed by atoms with van der Waals surface area (Å²) in [6, 6.07) is 0. The first-order valence-electron chi connectivity index (χ1n) is 3.93. The standard InChI is InChI=1S/C8H16O2.Ca/c1-3-5-7(6-4-2)8(9)10;/h7H,3-6H2,1-2H3,(H,9,10);/q;+2/p-1. The molecular weight excluding hydrogens is 168 g/mol. The van der Waals surface area contributed by atoms with Gasteiger partial charge in [0.25, 0.3) is 0 Å². The molecular formula is C8H15CaO2+. The van der Waals surface area contributed by atoms with Crippen molar-refractivity contribution in [1.29, 1.82) is 0 Å². The van der Waals surface area contributed by atoms with Crippen LogP contribution in [-0.4, -0.2) is 43.7 Å². The molecule has 0 unspecified atom stereocenters. The van der Waals surface area contributed by atoms with E-state index < -0.39 is 5.97 Å². The third kappa shape index (κ3) is 7.10. The van der Waals surface area contributed by atoms with Gasteiger partial charge in [0.15, 0.2) is 0 Å². The summed E-state index contributed by atoms with van der Waals surface area (Å²) in [6.07, 6.45) is 3.38. The van der Waals surface area contributed by atoms with Crippen LogP contribution in [-0.2, 0) is 4.79 Å². The van der Waals surface area contributed by atoms with Crippen molar-refractivity contribution < 1.29 is 9.90 Å². The topological polar surface area (TPSA) is 40.1 Å². The van der Waals surface area contributed by atoms with Crippen LogP contribution in [0, 0.1) is 5.92 Å².